The number of carbonyl (C=O) groups excluding carboxylic acids is 1. The van der Waals surface area contributed by atoms with Gasteiger partial charge in [0.25, 0.3) is 0 Å². The van der Waals surface area contributed by atoms with Crippen molar-refractivity contribution in [1.82, 2.24) is 0 Å². The molecule has 0 aliphatic carbocycles. The number of hydrogen-bond donors (Lipinski definition) is 1. The second-order valence-electron chi connectivity index (χ2n) is 3.56. The van der Waals surface area contributed by atoms with Gasteiger partial charge in [-0.1, -0.05) is 0 Å². The van der Waals surface area contributed by atoms with Crippen LogP contribution in [-0.4, -0.2) is 29.9 Å². The molecule has 0 bridgehead atoms. The predicted molar refractivity (Wildman–Crippen MR) is 61.2 cm³/mol. The van der Waals surface area contributed by atoms with Crippen molar-refractivity contribution in [2.45, 2.75) is 17.4 Å². The molecule has 0 spiro atoms. The van der Waals surface area contributed by atoms with E-state index >= 15 is 0 Å². The van der Waals surface area contributed by atoms with Crippen molar-refractivity contribution < 1.29 is 9.90 Å². The molecule has 0 radical (unpaired) electrons. The minimum Gasteiger partial charge on any atom is -0.391 e. The number of carbonyl (C=O) groups is 1. The third-order valence-corrected chi connectivity index (χ3v) is 3.23. The van der Waals surface area contributed by atoms with E-state index in [1.54, 1.807) is 16.7 Å². The number of β-amino-alcohol motifs (C(OH)–C–C–N with tert-alkyl or cyclic N) is 1. The molecule has 4 heteroatoms. The minimum atomic E-state index is -0.516. The van der Waals surface area contributed by atoms with Gasteiger partial charge in [-0.05, 0) is 30.5 Å². The monoisotopic (exact) mass is 223 g/mol. The first kappa shape index (κ1) is 10.5. The van der Waals surface area contributed by atoms with Crippen molar-refractivity contribution in [3.8, 4) is 0 Å². The third kappa shape index (κ3) is 2.16. The van der Waals surface area contributed by atoms with Crippen molar-refractivity contribution >= 4 is 23.4 Å². The number of benzene rings is 1. The Balaban J connectivity index is 2.19. The maximum absolute atomic E-state index is 11.5. The fourth-order valence-corrected chi connectivity index (χ4v) is 2.11. The highest BCUT2D eigenvalue weighted by atomic mass is 32.2. The smallest absolute Gasteiger partial charge is 0.229 e. The Hall–Kier alpha value is -1.00. The lowest BCUT2D eigenvalue weighted by atomic mass is 10.3. The molecule has 1 amide bonds. The molecular formula is C11H13NO2S. The summed E-state index contributed by atoms with van der Waals surface area (Å²) in [6, 6.07) is 7.81. The van der Waals surface area contributed by atoms with Crippen LogP contribution < -0.4 is 4.90 Å². The van der Waals surface area contributed by atoms with E-state index in [0.29, 0.717) is 6.54 Å². The van der Waals surface area contributed by atoms with Gasteiger partial charge in [-0.3, -0.25) is 4.79 Å². The average Bonchev–Trinajstić information content (AvgIpc) is 2.58. The van der Waals surface area contributed by atoms with E-state index in [-0.39, 0.29) is 12.3 Å². The van der Waals surface area contributed by atoms with Crippen LogP contribution in [-0.2, 0) is 4.79 Å². The van der Waals surface area contributed by atoms with Crippen molar-refractivity contribution in [2.75, 3.05) is 17.7 Å². The summed E-state index contributed by atoms with van der Waals surface area (Å²) in [6.45, 7) is 0.414. The summed E-state index contributed by atoms with van der Waals surface area (Å²) < 4.78 is 0. The van der Waals surface area contributed by atoms with E-state index in [0.717, 1.165) is 5.69 Å². The number of anilines is 1. The summed E-state index contributed by atoms with van der Waals surface area (Å²) >= 11 is 1.67. The topological polar surface area (TPSA) is 40.5 Å². The molecule has 1 aromatic rings. The zero-order valence-corrected chi connectivity index (χ0v) is 9.33. The summed E-state index contributed by atoms with van der Waals surface area (Å²) in [7, 11) is 0. The zero-order valence-electron chi connectivity index (χ0n) is 8.51. The summed E-state index contributed by atoms with van der Waals surface area (Å²) in [5, 5.41) is 9.37. The third-order valence-electron chi connectivity index (χ3n) is 2.49. The van der Waals surface area contributed by atoms with Gasteiger partial charge < -0.3 is 10.0 Å². The molecule has 1 saturated heterocycles. The minimum absolute atomic E-state index is 0.000554. The molecule has 3 nitrogen and oxygen atoms in total. The van der Waals surface area contributed by atoms with Gasteiger partial charge in [0.05, 0.1) is 19.1 Å². The Kier molecular flexibility index (Phi) is 2.98. The zero-order chi connectivity index (χ0) is 10.8. The van der Waals surface area contributed by atoms with E-state index in [4.69, 9.17) is 0 Å². The Morgan fingerprint density at radius 2 is 2.07 bits per heavy atom. The number of thioether (sulfide) groups is 1. The first-order valence-corrected chi connectivity index (χ1v) is 6.05. The Labute approximate surface area is 93.1 Å². The number of aliphatic hydroxyl groups excluding tert-OH is 1. The second kappa shape index (κ2) is 4.24. The van der Waals surface area contributed by atoms with Gasteiger partial charge >= 0.3 is 0 Å². The fourth-order valence-electron chi connectivity index (χ4n) is 1.70. The van der Waals surface area contributed by atoms with Gasteiger partial charge in [0, 0.05) is 10.6 Å². The number of rotatable bonds is 2. The number of amides is 1. The normalized spacial score (nSPS) is 21.1. The standard InChI is InChI=1S/C11H13NO2S/c1-15-10-4-2-8(3-5-10)12-7-9(13)6-11(12)14/h2-5,9,13H,6-7H2,1H3. The van der Waals surface area contributed by atoms with Crippen molar-refractivity contribution in [1.29, 1.82) is 0 Å². The Morgan fingerprint density at radius 1 is 1.40 bits per heavy atom. The van der Waals surface area contributed by atoms with Gasteiger partial charge in [0.1, 0.15) is 0 Å². The van der Waals surface area contributed by atoms with Crippen LogP contribution in [0.4, 0.5) is 5.69 Å². The van der Waals surface area contributed by atoms with Gasteiger partial charge in [0.15, 0.2) is 0 Å². The summed E-state index contributed by atoms with van der Waals surface area (Å²) in [4.78, 5) is 14.3. The van der Waals surface area contributed by atoms with E-state index in [2.05, 4.69) is 0 Å². The Bertz CT molecular complexity index is 363. The van der Waals surface area contributed by atoms with Gasteiger partial charge in [0.2, 0.25) is 5.91 Å². The molecule has 0 aromatic heterocycles. The van der Waals surface area contributed by atoms with Crippen molar-refractivity contribution in [2.24, 2.45) is 0 Å². The summed E-state index contributed by atoms with van der Waals surface area (Å²) in [5.41, 5.74) is 0.870. The lowest BCUT2D eigenvalue weighted by molar-refractivity contribution is -0.117. The van der Waals surface area contributed by atoms with Crippen LogP contribution in [0.1, 0.15) is 6.42 Å². The number of aliphatic hydroxyl groups is 1. The molecule has 1 unspecified atom stereocenters. The molecule has 1 atom stereocenters. The first-order valence-electron chi connectivity index (χ1n) is 4.83. The quantitative estimate of drug-likeness (QED) is 0.773. The molecule has 0 saturated carbocycles. The molecule has 15 heavy (non-hydrogen) atoms. The second-order valence-corrected chi connectivity index (χ2v) is 4.44. The lowest BCUT2D eigenvalue weighted by Gasteiger charge is -2.15. The Morgan fingerprint density at radius 3 is 2.53 bits per heavy atom. The molecule has 1 N–H and O–H groups in total. The van der Waals surface area contributed by atoms with Gasteiger partial charge in [-0.2, -0.15) is 0 Å². The largest absolute Gasteiger partial charge is 0.391 e. The van der Waals surface area contributed by atoms with E-state index in [9.17, 15) is 9.90 Å². The van der Waals surface area contributed by atoms with Crippen LogP contribution in [0.15, 0.2) is 29.2 Å². The first-order chi connectivity index (χ1) is 7.20. The van der Waals surface area contributed by atoms with Crippen LogP contribution in [0, 0.1) is 0 Å². The van der Waals surface area contributed by atoms with Crippen LogP contribution in [0.5, 0.6) is 0 Å². The van der Waals surface area contributed by atoms with Gasteiger partial charge in [-0.25, -0.2) is 0 Å². The highest BCUT2D eigenvalue weighted by Gasteiger charge is 2.28. The molecule has 1 fully saturated rings. The molecule has 80 valence electrons. The molecule has 1 aliphatic rings. The highest BCUT2D eigenvalue weighted by molar-refractivity contribution is 7.98. The number of nitrogens with zero attached hydrogens (tertiary/aromatic N) is 1. The highest BCUT2D eigenvalue weighted by Crippen LogP contribution is 2.24. The fraction of sp³-hybridized carbons (Fsp3) is 0.364. The van der Waals surface area contributed by atoms with Crippen molar-refractivity contribution in [3.63, 3.8) is 0 Å². The van der Waals surface area contributed by atoms with Crippen LogP contribution in [0.3, 0.4) is 0 Å². The van der Waals surface area contributed by atoms with Crippen molar-refractivity contribution in [3.05, 3.63) is 24.3 Å². The van der Waals surface area contributed by atoms with Crippen LogP contribution >= 0.6 is 11.8 Å². The number of hydrogen-bond acceptors (Lipinski definition) is 3. The van der Waals surface area contributed by atoms with Crippen LogP contribution in [0.25, 0.3) is 0 Å². The molecule has 2 rings (SSSR count). The van der Waals surface area contributed by atoms with Gasteiger partial charge in [-0.15, -0.1) is 11.8 Å². The molecular weight excluding hydrogens is 210 g/mol. The summed E-state index contributed by atoms with van der Waals surface area (Å²) in [5.74, 6) is -0.000554. The average molecular weight is 223 g/mol. The SMILES string of the molecule is CSc1ccc(N2CC(O)CC2=O)cc1. The van der Waals surface area contributed by atoms with E-state index in [1.807, 2.05) is 30.5 Å². The lowest BCUT2D eigenvalue weighted by Crippen LogP contribution is -2.24. The van der Waals surface area contributed by atoms with E-state index in [1.165, 1.54) is 4.90 Å². The maximum Gasteiger partial charge on any atom is 0.229 e. The van der Waals surface area contributed by atoms with Crippen LogP contribution in [0.2, 0.25) is 0 Å². The molecule has 1 heterocycles. The molecule has 1 aliphatic heterocycles. The predicted octanol–water partition coefficient (Wildman–Crippen LogP) is 1.51. The summed E-state index contributed by atoms with van der Waals surface area (Å²) in [6.07, 6.45) is 1.74. The van der Waals surface area contributed by atoms with E-state index < -0.39 is 6.10 Å². The maximum atomic E-state index is 11.5. The molecule has 1 aromatic carbocycles.